The second-order valence-corrected chi connectivity index (χ2v) is 5.18. The van der Waals surface area contributed by atoms with Gasteiger partial charge in [-0.2, -0.15) is 0 Å². The van der Waals surface area contributed by atoms with Crippen LogP contribution in [-0.4, -0.2) is 42.8 Å². The van der Waals surface area contributed by atoms with Crippen LogP contribution in [0.2, 0.25) is 0 Å². The van der Waals surface area contributed by atoms with Crippen LogP contribution in [0.3, 0.4) is 0 Å². The highest BCUT2D eigenvalue weighted by molar-refractivity contribution is 5.76. The smallest absolute Gasteiger partial charge is 0.242 e. The Kier molecular flexibility index (Phi) is 4.50. The van der Waals surface area contributed by atoms with Crippen molar-refractivity contribution in [2.75, 3.05) is 7.11 Å². The van der Waals surface area contributed by atoms with Crippen molar-refractivity contribution in [3.63, 3.8) is 0 Å². The van der Waals surface area contributed by atoms with E-state index in [4.69, 9.17) is 4.74 Å². The lowest BCUT2D eigenvalue weighted by Crippen LogP contribution is -2.33. The number of nitrogens with zero attached hydrogens (tertiary/aromatic N) is 6. The van der Waals surface area contributed by atoms with E-state index in [1.807, 2.05) is 42.1 Å². The standard InChI is InChI=1S/C15H17N7O2/c1-21-8-7-16-15(21)14(11-3-5-12(24-2)6-4-11)18-13(23)9-22-10-17-19-20-22/h3-8,10,14H,9H2,1-2H3,(H,18,23)/t14-/m0/s1. The largest absolute Gasteiger partial charge is 0.497 e. The third kappa shape index (κ3) is 3.40. The molecule has 0 unspecified atom stereocenters. The first-order valence-electron chi connectivity index (χ1n) is 7.28. The lowest BCUT2D eigenvalue weighted by atomic mass is 10.1. The maximum Gasteiger partial charge on any atom is 0.242 e. The van der Waals surface area contributed by atoms with Gasteiger partial charge in [-0.3, -0.25) is 4.79 Å². The first-order valence-corrected chi connectivity index (χ1v) is 7.28. The van der Waals surface area contributed by atoms with Crippen molar-refractivity contribution in [1.82, 2.24) is 35.1 Å². The third-order valence-corrected chi connectivity index (χ3v) is 3.57. The number of benzene rings is 1. The zero-order valence-electron chi connectivity index (χ0n) is 13.3. The van der Waals surface area contributed by atoms with Gasteiger partial charge in [-0.05, 0) is 28.1 Å². The number of rotatable bonds is 6. The molecule has 0 aliphatic carbocycles. The highest BCUT2D eigenvalue weighted by Crippen LogP contribution is 2.22. The van der Waals surface area contributed by atoms with Crippen LogP contribution in [0.25, 0.3) is 0 Å². The zero-order chi connectivity index (χ0) is 16.9. The summed E-state index contributed by atoms with van der Waals surface area (Å²) in [6.07, 6.45) is 4.92. The van der Waals surface area contributed by atoms with E-state index in [0.717, 1.165) is 17.1 Å². The molecule has 9 nitrogen and oxygen atoms in total. The van der Waals surface area contributed by atoms with E-state index in [9.17, 15) is 4.79 Å². The number of carbonyl (C=O) groups excluding carboxylic acids is 1. The summed E-state index contributed by atoms with van der Waals surface area (Å²) in [7, 11) is 3.49. The number of tetrazole rings is 1. The molecule has 0 aliphatic heterocycles. The summed E-state index contributed by atoms with van der Waals surface area (Å²) in [5.74, 6) is 1.26. The second kappa shape index (κ2) is 6.90. The van der Waals surface area contributed by atoms with Crippen molar-refractivity contribution < 1.29 is 9.53 Å². The Morgan fingerprint density at radius 1 is 1.33 bits per heavy atom. The molecule has 0 saturated heterocycles. The number of nitrogens with one attached hydrogen (secondary N) is 1. The molecule has 124 valence electrons. The van der Waals surface area contributed by atoms with Gasteiger partial charge >= 0.3 is 0 Å². The van der Waals surface area contributed by atoms with Gasteiger partial charge in [0.1, 0.15) is 30.5 Å². The van der Waals surface area contributed by atoms with Gasteiger partial charge in [-0.1, -0.05) is 12.1 Å². The van der Waals surface area contributed by atoms with Gasteiger partial charge in [0, 0.05) is 19.4 Å². The molecular weight excluding hydrogens is 310 g/mol. The van der Waals surface area contributed by atoms with Crippen LogP contribution >= 0.6 is 0 Å². The first kappa shape index (κ1) is 15.7. The highest BCUT2D eigenvalue weighted by atomic mass is 16.5. The van der Waals surface area contributed by atoms with Crippen molar-refractivity contribution >= 4 is 5.91 Å². The van der Waals surface area contributed by atoms with Crippen LogP contribution in [0.15, 0.2) is 43.0 Å². The van der Waals surface area contributed by atoms with Crippen LogP contribution in [0, 0.1) is 0 Å². The lowest BCUT2D eigenvalue weighted by molar-refractivity contribution is -0.122. The minimum Gasteiger partial charge on any atom is -0.497 e. The van der Waals surface area contributed by atoms with E-state index in [2.05, 4.69) is 25.8 Å². The molecule has 0 spiro atoms. The number of carbonyl (C=O) groups is 1. The molecule has 1 aromatic carbocycles. The quantitative estimate of drug-likeness (QED) is 0.700. The summed E-state index contributed by atoms with van der Waals surface area (Å²) in [6.45, 7) is 0.0318. The van der Waals surface area contributed by atoms with Gasteiger partial charge < -0.3 is 14.6 Å². The van der Waals surface area contributed by atoms with E-state index in [1.54, 1.807) is 13.3 Å². The van der Waals surface area contributed by atoms with Crippen molar-refractivity contribution in [3.8, 4) is 5.75 Å². The Morgan fingerprint density at radius 2 is 2.12 bits per heavy atom. The minimum absolute atomic E-state index is 0.0318. The van der Waals surface area contributed by atoms with E-state index in [0.29, 0.717) is 0 Å². The molecule has 9 heteroatoms. The van der Waals surface area contributed by atoms with Gasteiger partial charge in [-0.25, -0.2) is 9.67 Å². The number of amides is 1. The summed E-state index contributed by atoms with van der Waals surface area (Å²) in [6, 6.07) is 7.10. The van der Waals surface area contributed by atoms with Gasteiger partial charge in [0.15, 0.2) is 0 Å². The fourth-order valence-electron chi connectivity index (χ4n) is 2.36. The van der Waals surface area contributed by atoms with E-state index >= 15 is 0 Å². The lowest BCUT2D eigenvalue weighted by Gasteiger charge is -2.19. The van der Waals surface area contributed by atoms with Gasteiger partial charge in [0.2, 0.25) is 5.91 Å². The summed E-state index contributed by atoms with van der Waals surface area (Å²) < 4.78 is 8.41. The highest BCUT2D eigenvalue weighted by Gasteiger charge is 2.21. The molecule has 3 aromatic rings. The topological polar surface area (TPSA) is 99.8 Å². The van der Waals surface area contributed by atoms with Crippen molar-refractivity contribution in [2.24, 2.45) is 7.05 Å². The van der Waals surface area contributed by atoms with E-state index in [1.165, 1.54) is 11.0 Å². The predicted octanol–water partition coefficient (Wildman–Crippen LogP) is 0.321. The first-order chi connectivity index (χ1) is 11.7. The zero-order valence-corrected chi connectivity index (χ0v) is 13.3. The molecule has 0 fully saturated rings. The molecule has 3 rings (SSSR count). The molecule has 2 heterocycles. The van der Waals surface area contributed by atoms with Crippen molar-refractivity contribution in [3.05, 3.63) is 54.4 Å². The Labute approximate surface area is 138 Å². The predicted molar refractivity (Wildman–Crippen MR) is 84.0 cm³/mol. The third-order valence-electron chi connectivity index (χ3n) is 3.57. The average Bonchev–Trinajstić information content (AvgIpc) is 3.24. The maximum absolute atomic E-state index is 12.3. The van der Waals surface area contributed by atoms with E-state index < -0.39 is 0 Å². The number of imidazole rings is 1. The number of aryl methyl sites for hydroxylation is 1. The van der Waals surface area contributed by atoms with Crippen molar-refractivity contribution in [1.29, 1.82) is 0 Å². The average molecular weight is 327 g/mol. The molecule has 0 aliphatic rings. The maximum atomic E-state index is 12.3. The fraction of sp³-hybridized carbons (Fsp3) is 0.267. The molecule has 0 radical (unpaired) electrons. The number of methoxy groups -OCH3 is 1. The van der Waals surface area contributed by atoms with Gasteiger partial charge in [0.05, 0.1) is 7.11 Å². The van der Waals surface area contributed by atoms with Crippen LogP contribution in [0.4, 0.5) is 0 Å². The summed E-state index contributed by atoms with van der Waals surface area (Å²) in [5, 5.41) is 13.7. The van der Waals surface area contributed by atoms with Crippen molar-refractivity contribution in [2.45, 2.75) is 12.6 Å². The molecule has 1 atom stereocenters. The molecule has 2 aromatic heterocycles. The molecule has 0 bridgehead atoms. The second-order valence-electron chi connectivity index (χ2n) is 5.18. The Bertz CT molecular complexity index is 796. The van der Waals surface area contributed by atoms with Gasteiger partial charge in [-0.15, -0.1) is 5.10 Å². The van der Waals surface area contributed by atoms with E-state index in [-0.39, 0.29) is 18.5 Å². The van der Waals surface area contributed by atoms with Crippen LogP contribution in [-0.2, 0) is 18.4 Å². The molecule has 24 heavy (non-hydrogen) atoms. The summed E-state index contributed by atoms with van der Waals surface area (Å²) in [5.41, 5.74) is 0.898. The fourth-order valence-corrected chi connectivity index (χ4v) is 2.36. The Morgan fingerprint density at radius 3 is 2.71 bits per heavy atom. The number of ether oxygens (including phenoxy) is 1. The molecule has 1 N–H and O–H groups in total. The van der Waals surface area contributed by atoms with Crippen LogP contribution in [0.5, 0.6) is 5.75 Å². The normalized spacial score (nSPS) is 11.9. The van der Waals surface area contributed by atoms with Gasteiger partial charge in [0.25, 0.3) is 0 Å². The molecular formula is C15H17N7O2. The molecule has 0 saturated carbocycles. The van der Waals surface area contributed by atoms with Crippen LogP contribution < -0.4 is 10.1 Å². The number of aromatic nitrogens is 6. The number of hydrogen-bond acceptors (Lipinski definition) is 6. The molecule has 1 amide bonds. The number of hydrogen-bond donors (Lipinski definition) is 1. The minimum atomic E-state index is -0.389. The monoisotopic (exact) mass is 327 g/mol. The SMILES string of the molecule is COc1ccc([C@H](NC(=O)Cn2cnnn2)c2nccn2C)cc1. The summed E-state index contributed by atoms with van der Waals surface area (Å²) in [4.78, 5) is 16.7. The Hall–Kier alpha value is -3.23. The Balaban J connectivity index is 1.84. The van der Waals surface area contributed by atoms with Crippen LogP contribution in [0.1, 0.15) is 17.4 Å². The summed E-state index contributed by atoms with van der Waals surface area (Å²) >= 11 is 0.